The van der Waals surface area contributed by atoms with Crippen LogP contribution in [-0.2, 0) is 24.0 Å². The highest BCUT2D eigenvalue weighted by Crippen LogP contribution is 2.04. The van der Waals surface area contributed by atoms with Crippen LogP contribution in [-0.4, -0.2) is 30.1 Å². The minimum atomic E-state index is -0.961. The standard InChI is InChI=1S/C10H18O6/c1-3-14-9(11)6-4-5-7-10(12)15-8(2)16-13/h8,13H,3-7H2,1-2H3. The molecule has 1 atom stereocenters. The van der Waals surface area contributed by atoms with Crippen molar-refractivity contribution >= 4 is 11.9 Å². The normalized spacial score (nSPS) is 11.9. The zero-order valence-corrected chi connectivity index (χ0v) is 9.60. The van der Waals surface area contributed by atoms with Gasteiger partial charge in [-0.05, 0) is 19.8 Å². The van der Waals surface area contributed by atoms with E-state index in [-0.39, 0.29) is 12.4 Å². The Morgan fingerprint density at radius 1 is 1.19 bits per heavy atom. The van der Waals surface area contributed by atoms with Crippen LogP contribution in [0, 0.1) is 0 Å². The molecule has 0 aliphatic rings. The van der Waals surface area contributed by atoms with Gasteiger partial charge in [0.15, 0.2) is 0 Å². The molecule has 1 unspecified atom stereocenters. The molecule has 0 amide bonds. The van der Waals surface area contributed by atoms with Gasteiger partial charge in [0.2, 0.25) is 6.29 Å². The predicted octanol–water partition coefficient (Wildman–Crippen LogP) is 1.49. The van der Waals surface area contributed by atoms with Crippen molar-refractivity contribution in [3.05, 3.63) is 0 Å². The van der Waals surface area contributed by atoms with E-state index in [0.717, 1.165) is 0 Å². The van der Waals surface area contributed by atoms with Crippen LogP contribution < -0.4 is 0 Å². The number of rotatable bonds is 8. The summed E-state index contributed by atoms with van der Waals surface area (Å²) in [5.74, 6) is -0.728. The predicted molar refractivity (Wildman–Crippen MR) is 54.4 cm³/mol. The highest BCUT2D eigenvalue weighted by molar-refractivity contribution is 5.70. The Balaban J connectivity index is 3.44. The summed E-state index contributed by atoms with van der Waals surface area (Å²) in [6, 6.07) is 0. The van der Waals surface area contributed by atoms with E-state index in [1.54, 1.807) is 6.92 Å². The highest BCUT2D eigenvalue weighted by Gasteiger charge is 2.09. The first kappa shape index (κ1) is 14.9. The second-order valence-corrected chi connectivity index (χ2v) is 3.18. The molecular formula is C10H18O6. The smallest absolute Gasteiger partial charge is 0.308 e. The first-order valence-corrected chi connectivity index (χ1v) is 5.25. The molecule has 0 aliphatic heterocycles. The van der Waals surface area contributed by atoms with Crippen LogP contribution in [0.4, 0.5) is 0 Å². The summed E-state index contributed by atoms with van der Waals surface area (Å²) in [7, 11) is 0. The van der Waals surface area contributed by atoms with E-state index >= 15 is 0 Å². The lowest BCUT2D eigenvalue weighted by molar-refractivity contribution is -0.330. The van der Waals surface area contributed by atoms with Crippen molar-refractivity contribution in [3.63, 3.8) is 0 Å². The summed E-state index contributed by atoms with van der Waals surface area (Å²) in [6.45, 7) is 3.51. The fraction of sp³-hybridized carbons (Fsp3) is 0.800. The minimum absolute atomic E-state index is 0.188. The maximum Gasteiger partial charge on any atom is 0.308 e. The van der Waals surface area contributed by atoms with Gasteiger partial charge in [-0.2, -0.15) is 4.89 Å². The average molecular weight is 234 g/mol. The Kier molecular flexibility index (Phi) is 8.46. The quantitative estimate of drug-likeness (QED) is 0.225. The van der Waals surface area contributed by atoms with Crippen LogP contribution >= 0.6 is 0 Å². The van der Waals surface area contributed by atoms with E-state index in [0.29, 0.717) is 25.9 Å². The molecule has 0 saturated heterocycles. The van der Waals surface area contributed by atoms with Crippen molar-refractivity contribution in [1.82, 2.24) is 0 Å². The molecule has 6 nitrogen and oxygen atoms in total. The van der Waals surface area contributed by atoms with Crippen molar-refractivity contribution in [2.75, 3.05) is 6.61 Å². The Bertz CT molecular complexity index is 215. The van der Waals surface area contributed by atoms with Crippen molar-refractivity contribution in [1.29, 1.82) is 0 Å². The second kappa shape index (κ2) is 9.11. The number of unbranched alkanes of at least 4 members (excludes halogenated alkanes) is 1. The highest BCUT2D eigenvalue weighted by atomic mass is 17.1. The molecule has 0 radical (unpaired) electrons. The summed E-state index contributed by atoms with van der Waals surface area (Å²) < 4.78 is 9.35. The molecule has 1 N–H and O–H groups in total. The van der Waals surface area contributed by atoms with Gasteiger partial charge in [0.05, 0.1) is 6.61 Å². The third-order valence-corrected chi connectivity index (χ3v) is 1.76. The number of hydrogen-bond acceptors (Lipinski definition) is 6. The van der Waals surface area contributed by atoms with Crippen molar-refractivity contribution in [2.45, 2.75) is 45.8 Å². The van der Waals surface area contributed by atoms with Crippen LogP contribution in [0.5, 0.6) is 0 Å². The van der Waals surface area contributed by atoms with Gasteiger partial charge in [0.25, 0.3) is 0 Å². The second-order valence-electron chi connectivity index (χ2n) is 3.18. The number of carbonyl (C=O) groups is 2. The zero-order valence-electron chi connectivity index (χ0n) is 9.60. The Morgan fingerprint density at radius 3 is 2.25 bits per heavy atom. The third kappa shape index (κ3) is 8.19. The van der Waals surface area contributed by atoms with Gasteiger partial charge >= 0.3 is 11.9 Å². The topological polar surface area (TPSA) is 82.1 Å². The molecular weight excluding hydrogens is 216 g/mol. The van der Waals surface area contributed by atoms with Gasteiger partial charge in [-0.15, -0.1) is 0 Å². The monoisotopic (exact) mass is 234 g/mol. The molecule has 0 bridgehead atoms. The zero-order chi connectivity index (χ0) is 12.4. The number of esters is 2. The maximum absolute atomic E-state index is 11.1. The van der Waals surface area contributed by atoms with Gasteiger partial charge in [0, 0.05) is 19.8 Å². The molecule has 0 spiro atoms. The Morgan fingerprint density at radius 2 is 1.75 bits per heavy atom. The van der Waals surface area contributed by atoms with Crippen LogP contribution in [0.25, 0.3) is 0 Å². The van der Waals surface area contributed by atoms with Crippen molar-refractivity contribution in [2.24, 2.45) is 0 Å². The van der Waals surface area contributed by atoms with Crippen LogP contribution in [0.15, 0.2) is 0 Å². The third-order valence-electron chi connectivity index (χ3n) is 1.76. The minimum Gasteiger partial charge on any atom is -0.466 e. The summed E-state index contributed by atoms with van der Waals surface area (Å²) in [6.07, 6.45) is 0.635. The summed E-state index contributed by atoms with van der Waals surface area (Å²) in [4.78, 5) is 25.8. The molecule has 0 fully saturated rings. The Labute approximate surface area is 94.4 Å². The molecule has 16 heavy (non-hydrogen) atoms. The van der Waals surface area contributed by atoms with Gasteiger partial charge in [-0.3, -0.25) is 9.59 Å². The van der Waals surface area contributed by atoms with Gasteiger partial charge in [0.1, 0.15) is 0 Å². The summed E-state index contributed by atoms with van der Waals surface area (Å²) >= 11 is 0. The fourth-order valence-electron chi connectivity index (χ4n) is 1.04. The molecule has 0 aromatic carbocycles. The lowest BCUT2D eigenvalue weighted by Gasteiger charge is -2.08. The average Bonchev–Trinajstić information content (AvgIpc) is 2.24. The first-order chi connectivity index (χ1) is 7.60. The maximum atomic E-state index is 11.1. The number of hydrogen-bond donors (Lipinski definition) is 1. The van der Waals surface area contributed by atoms with Gasteiger partial charge in [-0.25, -0.2) is 5.26 Å². The molecule has 0 rings (SSSR count). The van der Waals surface area contributed by atoms with E-state index in [1.165, 1.54) is 6.92 Å². The van der Waals surface area contributed by atoms with Crippen LogP contribution in [0.1, 0.15) is 39.5 Å². The van der Waals surface area contributed by atoms with E-state index in [4.69, 9.17) is 9.99 Å². The Hall–Kier alpha value is -1.14. The number of ether oxygens (including phenoxy) is 2. The summed E-state index contributed by atoms with van der Waals surface area (Å²) in [5.41, 5.74) is 0. The van der Waals surface area contributed by atoms with Gasteiger partial charge < -0.3 is 9.47 Å². The van der Waals surface area contributed by atoms with Crippen LogP contribution in [0.3, 0.4) is 0 Å². The summed E-state index contributed by atoms with van der Waals surface area (Å²) in [5, 5.41) is 8.15. The lowest BCUT2D eigenvalue weighted by Crippen LogP contribution is -2.16. The molecule has 6 heteroatoms. The SMILES string of the molecule is CCOC(=O)CCCCC(=O)OC(C)OO. The van der Waals surface area contributed by atoms with E-state index in [9.17, 15) is 9.59 Å². The molecule has 0 aromatic heterocycles. The molecule has 0 aromatic rings. The van der Waals surface area contributed by atoms with E-state index < -0.39 is 12.3 Å². The molecule has 0 aliphatic carbocycles. The largest absolute Gasteiger partial charge is 0.466 e. The molecule has 0 heterocycles. The van der Waals surface area contributed by atoms with Crippen molar-refractivity contribution < 1.29 is 29.2 Å². The fourth-order valence-corrected chi connectivity index (χ4v) is 1.04. The molecule has 0 saturated carbocycles. The molecule has 94 valence electrons. The van der Waals surface area contributed by atoms with Gasteiger partial charge in [-0.1, -0.05) is 0 Å². The van der Waals surface area contributed by atoms with E-state index in [2.05, 4.69) is 9.62 Å². The van der Waals surface area contributed by atoms with E-state index in [1.807, 2.05) is 0 Å². The van der Waals surface area contributed by atoms with Crippen LogP contribution in [0.2, 0.25) is 0 Å². The lowest BCUT2D eigenvalue weighted by atomic mass is 10.2. The number of carbonyl (C=O) groups excluding carboxylic acids is 2. The van der Waals surface area contributed by atoms with Crippen molar-refractivity contribution in [3.8, 4) is 0 Å². The first-order valence-electron chi connectivity index (χ1n) is 5.25.